The van der Waals surface area contributed by atoms with Crippen molar-refractivity contribution in [3.8, 4) is 0 Å². The van der Waals surface area contributed by atoms with Gasteiger partial charge in [-0.05, 0) is 51.4 Å². The van der Waals surface area contributed by atoms with Crippen LogP contribution in [0.3, 0.4) is 0 Å². The molecule has 0 unspecified atom stereocenters. The number of aryl methyl sites for hydroxylation is 2. The van der Waals surface area contributed by atoms with Gasteiger partial charge in [0.1, 0.15) is 0 Å². The summed E-state index contributed by atoms with van der Waals surface area (Å²) in [7, 11) is 4.14. The predicted octanol–water partition coefficient (Wildman–Crippen LogP) is 3.97. The first kappa shape index (κ1) is 18.6. The van der Waals surface area contributed by atoms with E-state index >= 15 is 0 Å². The number of piperidine rings is 1. The molecule has 5 heteroatoms. The molecule has 3 rings (SSSR count). The Morgan fingerprint density at radius 3 is 2.62 bits per heavy atom. The number of carbonyl (C=O) groups excluding carboxylic acids is 1. The molecule has 0 spiro atoms. The van der Waals surface area contributed by atoms with Gasteiger partial charge < -0.3 is 14.2 Å². The van der Waals surface area contributed by atoms with Gasteiger partial charge >= 0.3 is 0 Å². The highest BCUT2D eigenvalue weighted by molar-refractivity contribution is 5.92. The van der Waals surface area contributed by atoms with E-state index in [-0.39, 0.29) is 11.9 Å². The Hall–Kier alpha value is -2.14. The van der Waals surface area contributed by atoms with E-state index in [0.717, 1.165) is 32.4 Å². The third-order valence-corrected chi connectivity index (χ3v) is 4.96. The quantitative estimate of drug-likeness (QED) is 0.814. The van der Waals surface area contributed by atoms with E-state index in [9.17, 15) is 4.79 Å². The van der Waals surface area contributed by atoms with Crippen molar-refractivity contribution < 1.29 is 9.21 Å². The van der Waals surface area contributed by atoms with Gasteiger partial charge in [-0.1, -0.05) is 31.2 Å². The number of aromatic nitrogens is 1. The third kappa shape index (κ3) is 3.98. The van der Waals surface area contributed by atoms with Crippen molar-refractivity contribution in [3.63, 3.8) is 0 Å². The van der Waals surface area contributed by atoms with Gasteiger partial charge in [-0.2, -0.15) is 0 Å². The zero-order chi connectivity index (χ0) is 18.7. The maximum atomic E-state index is 13.1. The monoisotopic (exact) mass is 355 g/mol. The van der Waals surface area contributed by atoms with E-state index in [1.54, 1.807) is 0 Å². The van der Waals surface area contributed by atoms with Gasteiger partial charge in [0.15, 0.2) is 5.89 Å². The molecular weight excluding hydrogens is 326 g/mol. The van der Waals surface area contributed by atoms with Crippen LogP contribution in [0.2, 0.25) is 0 Å². The summed E-state index contributed by atoms with van der Waals surface area (Å²) in [5, 5.41) is 0. The second kappa shape index (κ2) is 8.04. The second-order valence-corrected chi connectivity index (χ2v) is 7.37. The van der Waals surface area contributed by atoms with Crippen LogP contribution in [0, 0.1) is 6.92 Å². The van der Waals surface area contributed by atoms with Crippen molar-refractivity contribution in [2.45, 2.75) is 52.1 Å². The minimum absolute atomic E-state index is 0.0308. The van der Waals surface area contributed by atoms with Crippen molar-refractivity contribution in [2.24, 2.45) is 0 Å². The Morgan fingerprint density at radius 2 is 2.00 bits per heavy atom. The first-order chi connectivity index (χ1) is 12.5. The van der Waals surface area contributed by atoms with Crippen LogP contribution in [-0.2, 0) is 13.0 Å². The van der Waals surface area contributed by atoms with Crippen LogP contribution >= 0.6 is 0 Å². The maximum Gasteiger partial charge on any atom is 0.292 e. The summed E-state index contributed by atoms with van der Waals surface area (Å²) in [5.41, 5.74) is 3.18. The Labute approximate surface area is 156 Å². The van der Waals surface area contributed by atoms with Crippen LogP contribution in [0.4, 0.5) is 0 Å². The molecule has 1 amide bonds. The number of benzene rings is 1. The normalized spacial score (nSPS) is 17.7. The number of nitrogens with zero attached hydrogens (tertiary/aromatic N) is 3. The Bertz CT molecular complexity index is 749. The third-order valence-electron chi connectivity index (χ3n) is 4.96. The van der Waals surface area contributed by atoms with E-state index in [1.165, 1.54) is 11.1 Å². The van der Waals surface area contributed by atoms with Crippen molar-refractivity contribution >= 4 is 5.91 Å². The topological polar surface area (TPSA) is 49.6 Å². The molecule has 2 heterocycles. The first-order valence-electron chi connectivity index (χ1n) is 9.50. The number of carbonyl (C=O) groups is 1. The number of amides is 1. The zero-order valence-electron chi connectivity index (χ0n) is 16.3. The van der Waals surface area contributed by atoms with E-state index in [1.807, 2.05) is 18.7 Å². The summed E-state index contributed by atoms with van der Waals surface area (Å²) >= 11 is 0. The fourth-order valence-corrected chi connectivity index (χ4v) is 3.66. The molecule has 0 aliphatic carbocycles. The molecule has 1 aliphatic heterocycles. The molecular formula is C21H29N3O2. The van der Waals surface area contributed by atoms with Gasteiger partial charge in [0.05, 0.1) is 11.7 Å². The lowest BCUT2D eigenvalue weighted by molar-refractivity contribution is 0.0576. The second-order valence-electron chi connectivity index (χ2n) is 7.37. The van der Waals surface area contributed by atoms with Crippen LogP contribution in [0.25, 0.3) is 0 Å². The molecule has 2 aromatic rings. The molecule has 1 saturated heterocycles. The van der Waals surface area contributed by atoms with E-state index in [4.69, 9.17) is 4.42 Å². The number of hydrogen-bond donors (Lipinski definition) is 0. The minimum atomic E-state index is -0.0308. The summed E-state index contributed by atoms with van der Waals surface area (Å²) in [4.78, 5) is 21.6. The highest BCUT2D eigenvalue weighted by Crippen LogP contribution is 2.33. The number of hydrogen-bond acceptors (Lipinski definition) is 4. The summed E-state index contributed by atoms with van der Waals surface area (Å²) < 4.78 is 5.72. The first-order valence-corrected chi connectivity index (χ1v) is 9.50. The molecule has 1 aromatic heterocycles. The molecule has 0 N–H and O–H groups in total. The predicted molar refractivity (Wildman–Crippen MR) is 102 cm³/mol. The molecule has 0 radical (unpaired) electrons. The Kier molecular flexibility index (Phi) is 5.77. The molecule has 1 atom stereocenters. The lowest BCUT2D eigenvalue weighted by Crippen LogP contribution is -2.38. The van der Waals surface area contributed by atoms with Gasteiger partial charge in [0.2, 0.25) is 5.76 Å². The van der Waals surface area contributed by atoms with Crippen molar-refractivity contribution in [2.75, 3.05) is 20.6 Å². The van der Waals surface area contributed by atoms with Gasteiger partial charge in [-0.25, -0.2) is 4.98 Å². The van der Waals surface area contributed by atoms with Gasteiger partial charge in [0, 0.05) is 19.5 Å². The summed E-state index contributed by atoms with van der Waals surface area (Å²) in [6.07, 6.45) is 3.87. The standard InChI is InChI=1S/C21H29N3O2/c1-5-19-22-15(2)20(26-19)21(25)24-13-7-6-8-18(24)17-11-9-16(10-12-17)14-23(3)4/h9-12,18H,5-8,13-14H2,1-4H3/t18-/m0/s1. The minimum Gasteiger partial charge on any atom is -0.435 e. The molecule has 5 nitrogen and oxygen atoms in total. The van der Waals surface area contributed by atoms with Crippen molar-refractivity contribution in [3.05, 3.63) is 52.7 Å². The average Bonchev–Trinajstić information content (AvgIpc) is 3.02. The van der Waals surface area contributed by atoms with E-state index < -0.39 is 0 Å². The van der Waals surface area contributed by atoms with Crippen LogP contribution in [0.1, 0.15) is 65.5 Å². The van der Waals surface area contributed by atoms with Crippen LogP contribution in [0.5, 0.6) is 0 Å². The lowest BCUT2D eigenvalue weighted by Gasteiger charge is -2.35. The van der Waals surface area contributed by atoms with Crippen LogP contribution < -0.4 is 0 Å². The molecule has 1 aliphatic rings. The Balaban J connectivity index is 1.83. The fraction of sp³-hybridized carbons (Fsp3) is 0.524. The highest BCUT2D eigenvalue weighted by Gasteiger charge is 2.31. The smallest absolute Gasteiger partial charge is 0.292 e. The van der Waals surface area contributed by atoms with Gasteiger partial charge in [-0.3, -0.25) is 4.79 Å². The highest BCUT2D eigenvalue weighted by atomic mass is 16.4. The van der Waals surface area contributed by atoms with Crippen molar-refractivity contribution in [1.82, 2.24) is 14.8 Å². The summed E-state index contributed by atoms with van der Waals surface area (Å²) in [5.74, 6) is 1.00. The molecule has 1 fully saturated rings. The molecule has 140 valence electrons. The Morgan fingerprint density at radius 1 is 1.27 bits per heavy atom. The molecule has 1 aromatic carbocycles. The summed E-state index contributed by atoms with van der Waals surface area (Å²) in [6.45, 7) is 5.53. The lowest BCUT2D eigenvalue weighted by atomic mass is 9.94. The molecule has 0 saturated carbocycles. The average molecular weight is 355 g/mol. The molecule has 26 heavy (non-hydrogen) atoms. The van der Waals surface area contributed by atoms with Crippen LogP contribution in [0.15, 0.2) is 28.7 Å². The SMILES string of the molecule is CCc1nc(C)c(C(=O)N2CCCC[C@H]2c2ccc(CN(C)C)cc2)o1. The number of oxazole rings is 1. The summed E-state index contributed by atoms with van der Waals surface area (Å²) in [6, 6.07) is 8.78. The fourth-order valence-electron chi connectivity index (χ4n) is 3.66. The zero-order valence-corrected chi connectivity index (χ0v) is 16.3. The van der Waals surface area contributed by atoms with Crippen LogP contribution in [-0.4, -0.2) is 41.3 Å². The van der Waals surface area contributed by atoms with E-state index in [2.05, 4.69) is 48.2 Å². The number of rotatable bonds is 5. The maximum absolute atomic E-state index is 13.1. The van der Waals surface area contributed by atoms with Crippen molar-refractivity contribution in [1.29, 1.82) is 0 Å². The number of likely N-dealkylation sites (tertiary alicyclic amines) is 1. The largest absolute Gasteiger partial charge is 0.435 e. The van der Waals surface area contributed by atoms with Gasteiger partial charge in [-0.15, -0.1) is 0 Å². The molecule has 0 bridgehead atoms. The van der Waals surface area contributed by atoms with E-state index in [0.29, 0.717) is 23.8 Å². The van der Waals surface area contributed by atoms with Gasteiger partial charge in [0.25, 0.3) is 5.91 Å².